The van der Waals surface area contributed by atoms with Crippen molar-refractivity contribution in [2.45, 2.75) is 13.0 Å². The van der Waals surface area contributed by atoms with Crippen molar-refractivity contribution in [1.82, 2.24) is 0 Å². The molecule has 1 unspecified atom stereocenters. The average molecular weight is 392 g/mol. The average Bonchev–Trinajstić information content (AvgIpc) is 2.37. The van der Waals surface area contributed by atoms with Crippen molar-refractivity contribution >= 4 is 31.9 Å². The smallest absolute Gasteiger partial charge is 0.146 e. The van der Waals surface area contributed by atoms with Gasteiger partial charge in [0.1, 0.15) is 17.7 Å². The number of hydrogen-bond donors (Lipinski definition) is 1. The fourth-order valence-corrected chi connectivity index (χ4v) is 2.60. The van der Waals surface area contributed by atoms with Gasteiger partial charge in [-0.1, -0.05) is 28.1 Å². The van der Waals surface area contributed by atoms with Crippen LogP contribution in [0.5, 0.6) is 0 Å². The summed E-state index contributed by atoms with van der Waals surface area (Å²) >= 11 is 6.32. The van der Waals surface area contributed by atoms with Gasteiger partial charge in [0.25, 0.3) is 0 Å². The van der Waals surface area contributed by atoms with Crippen LogP contribution in [0.1, 0.15) is 22.8 Å². The molecule has 0 radical (unpaired) electrons. The molecule has 0 spiro atoms. The zero-order valence-electron chi connectivity index (χ0n) is 9.92. The zero-order valence-corrected chi connectivity index (χ0v) is 13.1. The van der Waals surface area contributed by atoms with Crippen molar-refractivity contribution in [3.05, 3.63) is 67.6 Å². The molecule has 0 bridgehead atoms. The molecule has 0 aliphatic rings. The molecule has 0 fully saturated rings. The van der Waals surface area contributed by atoms with Gasteiger partial charge in [-0.15, -0.1) is 0 Å². The zero-order chi connectivity index (χ0) is 14.2. The van der Waals surface area contributed by atoms with Crippen molar-refractivity contribution in [2.24, 2.45) is 0 Å². The largest absolute Gasteiger partial charge is 0.383 e. The lowest BCUT2D eigenvalue weighted by Crippen LogP contribution is -2.08. The molecule has 2 aromatic carbocycles. The second kappa shape index (κ2) is 5.69. The van der Waals surface area contributed by atoms with Crippen molar-refractivity contribution in [1.29, 1.82) is 0 Å². The van der Waals surface area contributed by atoms with Crippen molar-refractivity contribution in [2.75, 3.05) is 0 Å². The molecular formula is C14H10Br2F2O. The van der Waals surface area contributed by atoms with Crippen molar-refractivity contribution < 1.29 is 13.9 Å². The molecule has 19 heavy (non-hydrogen) atoms. The van der Waals surface area contributed by atoms with Gasteiger partial charge < -0.3 is 5.11 Å². The highest BCUT2D eigenvalue weighted by Crippen LogP contribution is 2.33. The van der Waals surface area contributed by atoms with Crippen LogP contribution >= 0.6 is 31.9 Å². The molecule has 0 aromatic heterocycles. The summed E-state index contributed by atoms with van der Waals surface area (Å²) in [6, 6.07) is 7.56. The monoisotopic (exact) mass is 390 g/mol. The molecule has 2 aromatic rings. The highest BCUT2D eigenvalue weighted by Gasteiger charge is 2.23. The third-order valence-electron chi connectivity index (χ3n) is 2.96. The molecule has 1 nitrogen and oxygen atoms in total. The van der Waals surface area contributed by atoms with E-state index in [0.717, 1.165) is 16.1 Å². The SMILES string of the molecule is Cc1c(Br)cccc1C(O)c1c(F)ccc(Br)c1F. The normalized spacial score (nSPS) is 12.5. The fourth-order valence-electron chi connectivity index (χ4n) is 1.87. The molecule has 0 aliphatic heterocycles. The van der Waals surface area contributed by atoms with Crippen LogP contribution in [-0.2, 0) is 0 Å². The summed E-state index contributed by atoms with van der Waals surface area (Å²) in [4.78, 5) is 0. The first-order valence-electron chi connectivity index (χ1n) is 5.50. The molecule has 100 valence electrons. The first-order chi connectivity index (χ1) is 8.93. The molecule has 5 heteroatoms. The lowest BCUT2D eigenvalue weighted by molar-refractivity contribution is 0.208. The second-order valence-corrected chi connectivity index (χ2v) is 5.82. The van der Waals surface area contributed by atoms with Gasteiger partial charge >= 0.3 is 0 Å². The first kappa shape index (κ1) is 14.6. The van der Waals surface area contributed by atoms with E-state index in [1.165, 1.54) is 6.07 Å². The summed E-state index contributed by atoms with van der Waals surface area (Å²) in [6.45, 7) is 1.77. The molecule has 0 saturated carbocycles. The standard InChI is InChI=1S/C14H10Br2F2O/c1-7-8(3-2-4-9(7)15)14(19)12-11(17)6-5-10(16)13(12)18/h2-6,14,19H,1H3. The van der Waals surface area contributed by atoms with Crippen LogP contribution in [0.25, 0.3) is 0 Å². The van der Waals surface area contributed by atoms with Gasteiger partial charge in [-0.25, -0.2) is 8.78 Å². The maximum absolute atomic E-state index is 14.0. The predicted octanol–water partition coefficient (Wildman–Crippen LogP) is 4.88. The van der Waals surface area contributed by atoms with E-state index in [1.807, 2.05) is 0 Å². The molecule has 0 aliphatic carbocycles. The van der Waals surface area contributed by atoms with E-state index in [-0.39, 0.29) is 10.0 Å². The van der Waals surface area contributed by atoms with E-state index >= 15 is 0 Å². The third kappa shape index (κ3) is 2.73. The van der Waals surface area contributed by atoms with Gasteiger partial charge in [0, 0.05) is 4.47 Å². The number of hydrogen-bond acceptors (Lipinski definition) is 1. The molecule has 0 saturated heterocycles. The summed E-state index contributed by atoms with van der Waals surface area (Å²) in [5.74, 6) is -1.56. The van der Waals surface area contributed by atoms with Gasteiger partial charge in [-0.2, -0.15) is 0 Å². The minimum atomic E-state index is -1.35. The topological polar surface area (TPSA) is 20.2 Å². The van der Waals surface area contributed by atoms with Gasteiger partial charge in [-0.3, -0.25) is 0 Å². The molecule has 0 heterocycles. The summed E-state index contributed by atoms with van der Waals surface area (Å²) in [6.07, 6.45) is -1.35. The molecule has 1 N–H and O–H groups in total. The molecule has 0 amide bonds. The Morgan fingerprint density at radius 2 is 1.74 bits per heavy atom. The highest BCUT2D eigenvalue weighted by molar-refractivity contribution is 9.10. The van der Waals surface area contributed by atoms with Gasteiger partial charge in [0.15, 0.2) is 0 Å². The number of benzene rings is 2. The van der Waals surface area contributed by atoms with E-state index < -0.39 is 17.7 Å². The first-order valence-corrected chi connectivity index (χ1v) is 7.08. The van der Waals surface area contributed by atoms with E-state index in [1.54, 1.807) is 25.1 Å². The van der Waals surface area contributed by atoms with Gasteiger partial charge in [0.2, 0.25) is 0 Å². The number of aliphatic hydroxyl groups excluding tert-OH is 1. The minimum Gasteiger partial charge on any atom is -0.383 e. The van der Waals surface area contributed by atoms with Gasteiger partial charge in [-0.05, 0) is 52.2 Å². The quantitative estimate of drug-likeness (QED) is 0.723. The summed E-state index contributed by atoms with van der Waals surface area (Å²) in [5.41, 5.74) is 0.856. The summed E-state index contributed by atoms with van der Waals surface area (Å²) < 4.78 is 28.6. The Balaban J connectivity index is 2.59. The molecule has 2 rings (SSSR count). The van der Waals surface area contributed by atoms with E-state index in [4.69, 9.17) is 0 Å². The van der Waals surface area contributed by atoms with Crippen LogP contribution in [0.15, 0.2) is 39.3 Å². The lowest BCUT2D eigenvalue weighted by atomic mass is 9.97. The van der Waals surface area contributed by atoms with Crippen LogP contribution in [0.4, 0.5) is 8.78 Å². The van der Waals surface area contributed by atoms with Crippen LogP contribution < -0.4 is 0 Å². The van der Waals surface area contributed by atoms with Crippen molar-refractivity contribution in [3.8, 4) is 0 Å². The maximum Gasteiger partial charge on any atom is 0.146 e. The third-order valence-corrected chi connectivity index (χ3v) is 4.43. The van der Waals surface area contributed by atoms with Crippen molar-refractivity contribution in [3.63, 3.8) is 0 Å². The number of aliphatic hydroxyl groups is 1. The predicted molar refractivity (Wildman–Crippen MR) is 77.0 cm³/mol. The van der Waals surface area contributed by atoms with Crippen LogP contribution in [-0.4, -0.2) is 5.11 Å². The highest BCUT2D eigenvalue weighted by atomic mass is 79.9. The Kier molecular flexibility index (Phi) is 4.38. The van der Waals surface area contributed by atoms with Gasteiger partial charge in [0.05, 0.1) is 10.0 Å². The molecule has 1 atom stereocenters. The Morgan fingerprint density at radius 1 is 1.05 bits per heavy atom. The number of halogens is 4. The van der Waals surface area contributed by atoms with Crippen LogP contribution in [0.2, 0.25) is 0 Å². The Morgan fingerprint density at radius 3 is 2.42 bits per heavy atom. The van der Waals surface area contributed by atoms with E-state index in [9.17, 15) is 13.9 Å². The van der Waals surface area contributed by atoms with Crippen LogP contribution in [0, 0.1) is 18.6 Å². The Bertz CT molecular complexity index is 629. The van der Waals surface area contributed by atoms with E-state index in [0.29, 0.717) is 5.56 Å². The Labute approximate surface area is 126 Å². The Hall–Kier alpha value is -0.780. The minimum absolute atomic E-state index is 0.121. The summed E-state index contributed by atoms with van der Waals surface area (Å²) in [5, 5.41) is 10.3. The maximum atomic E-state index is 14.0. The lowest BCUT2D eigenvalue weighted by Gasteiger charge is -2.17. The number of rotatable bonds is 2. The van der Waals surface area contributed by atoms with E-state index in [2.05, 4.69) is 31.9 Å². The summed E-state index contributed by atoms with van der Waals surface area (Å²) in [7, 11) is 0. The second-order valence-electron chi connectivity index (χ2n) is 4.11. The van der Waals surface area contributed by atoms with Crippen LogP contribution in [0.3, 0.4) is 0 Å². The fraction of sp³-hybridized carbons (Fsp3) is 0.143. The molecular weight excluding hydrogens is 382 g/mol.